The Kier molecular flexibility index (Phi) is 4.47. The molecule has 4 heterocycles. The minimum absolute atomic E-state index is 0.0772. The van der Waals surface area contributed by atoms with Crippen molar-refractivity contribution in [1.29, 1.82) is 0 Å². The predicted octanol–water partition coefficient (Wildman–Crippen LogP) is 2.78. The Morgan fingerprint density at radius 1 is 1.07 bits per heavy atom. The number of aromatic amines is 1. The number of hydrogen-bond acceptors (Lipinski definition) is 4. The van der Waals surface area contributed by atoms with E-state index in [4.69, 9.17) is 0 Å². The monoisotopic (exact) mass is 408 g/mol. The Morgan fingerprint density at radius 3 is 2.47 bits per heavy atom. The van der Waals surface area contributed by atoms with Crippen LogP contribution in [0.5, 0.6) is 0 Å². The van der Waals surface area contributed by atoms with Gasteiger partial charge in [-0.1, -0.05) is 31.5 Å². The average Bonchev–Trinajstić information content (AvgIpc) is 3.15. The number of H-pyrrole nitrogens is 1. The second kappa shape index (κ2) is 6.94. The molecule has 3 aliphatic rings. The van der Waals surface area contributed by atoms with Gasteiger partial charge in [0, 0.05) is 43.8 Å². The van der Waals surface area contributed by atoms with E-state index < -0.39 is 11.9 Å². The first-order chi connectivity index (χ1) is 14.4. The lowest BCUT2D eigenvalue weighted by Gasteiger charge is -2.49. The molecule has 3 atom stereocenters. The van der Waals surface area contributed by atoms with Crippen LogP contribution in [0.2, 0.25) is 0 Å². The molecule has 2 saturated heterocycles. The van der Waals surface area contributed by atoms with Crippen LogP contribution in [-0.4, -0.2) is 64.7 Å². The fraction of sp³-hybridized carbons (Fsp3) is 0.522. The summed E-state index contributed by atoms with van der Waals surface area (Å²) in [5.41, 5.74) is 3.75. The van der Waals surface area contributed by atoms with Crippen molar-refractivity contribution in [2.45, 2.75) is 32.2 Å². The number of benzene rings is 1. The number of nitrogens with zero attached hydrogens (tertiary/aromatic N) is 3. The summed E-state index contributed by atoms with van der Waals surface area (Å²) in [7, 11) is 2.96. The third-order valence-electron chi connectivity index (χ3n) is 7.56. The van der Waals surface area contributed by atoms with Gasteiger partial charge in [0.2, 0.25) is 11.8 Å². The van der Waals surface area contributed by atoms with Crippen molar-refractivity contribution in [1.82, 2.24) is 19.7 Å². The summed E-state index contributed by atoms with van der Waals surface area (Å²) >= 11 is 0. The molecule has 1 aromatic heterocycles. The number of carbonyl (C=O) groups excluding carboxylic acids is 3. The molecule has 0 bridgehead atoms. The first-order valence-electron chi connectivity index (χ1n) is 10.8. The van der Waals surface area contributed by atoms with Crippen LogP contribution in [0.3, 0.4) is 0 Å². The van der Waals surface area contributed by atoms with E-state index in [2.05, 4.69) is 35.0 Å². The maximum Gasteiger partial charge on any atom is 0.332 e. The highest BCUT2D eigenvalue weighted by Crippen LogP contribution is 2.46. The molecule has 0 unspecified atom stereocenters. The second-order valence-electron chi connectivity index (χ2n) is 8.95. The molecule has 5 rings (SSSR count). The van der Waals surface area contributed by atoms with Crippen LogP contribution in [0.25, 0.3) is 10.9 Å². The van der Waals surface area contributed by atoms with Gasteiger partial charge >= 0.3 is 6.03 Å². The molecule has 7 nitrogen and oxygen atoms in total. The van der Waals surface area contributed by atoms with Crippen LogP contribution in [-0.2, 0) is 16.0 Å². The van der Waals surface area contributed by atoms with E-state index in [-0.39, 0.29) is 29.7 Å². The molecule has 4 amide bonds. The lowest BCUT2D eigenvalue weighted by Crippen LogP contribution is -2.61. The zero-order valence-corrected chi connectivity index (χ0v) is 17.7. The topological polar surface area (TPSA) is 76.7 Å². The number of amides is 4. The molecule has 2 aromatic rings. The number of para-hydroxylation sites is 1. The van der Waals surface area contributed by atoms with Gasteiger partial charge in [0.15, 0.2) is 0 Å². The number of carbonyl (C=O) groups is 3. The van der Waals surface area contributed by atoms with Crippen LogP contribution in [0, 0.1) is 17.8 Å². The van der Waals surface area contributed by atoms with Gasteiger partial charge in [-0.05, 0) is 36.3 Å². The molecular formula is C23H28N4O3. The molecule has 1 aromatic carbocycles. The van der Waals surface area contributed by atoms with E-state index in [9.17, 15) is 14.4 Å². The number of nitrogens with one attached hydrogen (secondary N) is 1. The summed E-state index contributed by atoms with van der Waals surface area (Å²) in [5, 5.41) is 1.27. The molecule has 0 aliphatic carbocycles. The molecule has 30 heavy (non-hydrogen) atoms. The Bertz CT molecular complexity index is 1020. The summed E-state index contributed by atoms with van der Waals surface area (Å²) in [6.45, 7) is 4.00. The van der Waals surface area contributed by atoms with Crippen LogP contribution >= 0.6 is 0 Å². The van der Waals surface area contributed by atoms with Crippen molar-refractivity contribution < 1.29 is 14.4 Å². The fourth-order valence-electron chi connectivity index (χ4n) is 5.88. The van der Waals surface area contributed by atoms with Crippen molar-refractivity contribution in [3.8, 4) is 0 Å². The number of piperidine rings is 1. The Labute approximate surface area is 176 Å². The summed E-state index contributed by atoms with van der Waals surface area (Å²) < 4.78 is 0. The number of hydrogen-bond donors (Lipinski definition) is 1. The SMILES string of the molecule is CC[C@H]1CN2CCc3c([nH]c4ccccc34)[C@@H]2C[C@@H]1C1C(=O)N(C)C(=O)N(C)C1=O. The Balaban J connectivity index is 1.53. The van der Waals surface area contributed by atoms with Crippen molar-refractivity contribution in [3.05, 3.63) is 35.5 Å². The largest absolute Gasteiger partial charge is 0.357 e. The molecule has 3 aliphatic heterocycles. The summed E-state index contributed by atoms with van der Waals surface area (Å²) in [6, 6.07) is 8.02. The molecule has 1 N–H and O–H groups in total. The number of barbiturate groups is 1. The lowest BCUT2D eigenvalue weighted by atomic mass is 9.70. The molecular weight excluding hydrogens is 380 g/mol. The van der Waals surface area contributed by atoms with Gasteiger partial charge in [0.25, 0.3) is 0 Å². The molecule has 7 heteroatoms. The smallest absolute Gasteiger partial charge is 0.332 e. The summed E-state index contributed by atoms with van der Waals surface area (Å²) in [5.74, 6) is -1.31. The average molecular weight is 409 g/mol. The van der Waals surface area contributed by atoms with Gasteiger partial charge in [-0.3, -0.25) is 24.3 Å². The van der Waals surface area contributed by atoms with Gasteiger partial charge in [-0.15, -0.1) is 0 Å². The van der Waals surface area contributed by atoms with Gasteiger partial charge in [0.1, 0.15) is 5.92 Å². The lowest BCUT2D eigenvalue weighted by molar-refractivity contribution is -0.153. The maximum absolute atomic E-state index is 13.0. The highest BCUT2D eigenvalue weighted by molar-refractivity contribution is 6.15. The van der Waals surface area contributed by atoms with E-state index in [1.54, 1.807) is 0 Å². The standard InChI is InChI=1S/C23H28N4O3/c1-4-13-12-27-10-9-15-14-7-5-6-8-17(14)24-20(15)18(27)11-16(13)19-21(28)25(2)23(30)26(3)22(19)29/h5-8,13,16,18-19,24H,4,9-12H2,1-3H3/t13-,16-,18-/m0/s1. The Morgan fingerprint density at radius 2 is 1.77 bits per heavy atom. The van der Waals surface area contributed by atoms with Crippen molar-refractivity contribution in [2.24, 2.45) is 17.8 Å². The van der Waals surface area contributed by atoms with Crippen molar-refractivity contribution >= 4 is 28.7 Å². The third kappa shape index (κ3) is 2.64. The van der Waals surface area contributed by atoms with Gasteiger partial charge in [-0.2, -0.15) is 0 Å². The van der Waals surface area contributed by atoms with Crippen LogP contribution in [0.15, 0.2) is 24.3 Å². The number of fused-ring (bicyclic) bond motifs is 5. The van der Waals surface area contributed by atoms with Crippen LogP contribution in [0.4, 0.5) is 4.79 Å². The fourth-order valence-corrected chi connectivity index (χ4v) is 5.88. The second-order valence-corrected chi connectivity index (χ2v) is 8.95. The van der Waals surface area contributed by atoms with Crippen LogP contribution < -0.4 is 0 Å². The van der Waals surface area contributed by atoms with E-state index in [0.29, 0.717) is 0 Å². The van der Waals surface area contributed by atoms with Crippen LogP contribution in [0.1, 0.15) is 37.1 Å². The molecule has 2 fully saturated rings. The highest BCUT2D eigenvalue weighted by atomic mass is 16.2. The summed E-state index contributed by atoms with van der Waals surface area (Å²) in [4.78, 5) is 46.7. The molecule has 0 saturated carbocycles. The zero-order valence-electron chi connectivity index (χ0n) is 17.7. The zero-order chi connectivity index (χ0) is 21.2. The summed E-state index contributed by atoms with van der Waals surface area (Å²) in [6.07, 6.45) is 2.67. The van der Waals surface area contributed by atoms with E-state index in [1.807, 2.05) is 6.07 Å². The van der Waals surface area contributed by atoms with E-state index >= 15 is 0 Å². The first kappa shape index (κ1) is 19.3. The predicted molar refractivity (Wildman–Crippen MR) is 113 cm³/mol. The number of urea groups is 1. The van der Waals surface area contributed by atoms with Crippen molar-refractivity contribution in [3.63, 3.8) is 0 Å². The third-order valence-corrected chi connectivity index (χ3v) is 7.56. The van der Waals surface area contributed by atoms with Crippen molar-refractivity contribution in [2.75, 3.05) is 27.2 Å². The molecule has 0 radical (unpaired) electrons. The first-order valence-corrected chi connectivity index (χ1v) is 10.8. The number of imide groups is 2. The number of rotatable bonds is 2. The quantitative estimate of drug-likeness (QED) is 0.776. The highest BCUT2D eigenvalue weighted by Gasteiger charge is 2.51. The van der Waals surface area contributed by atoms with Gasteiger partial charge in [-0.25, -0.2) is 4.79 Å². The minimum Gasteiger partial charge on any atom is -0.357 e. The minimum atomic E-state index is -0.778. The van der Waals surface area contributed by atoms with Gasteiger partial charge < -0.3 is 4.98 Å². The maximum atomic E-state index is 13.0. The van der Waals surface area contributed by atoms with E-state index in [1.165, 1.54) is 30.7 Å². The molecule has 158 valence electrons. The van der Waals surface area contributed by atoms with E-state index in [0.717, 1.165) is 47.7 Å². The Hall–Kier alpha value is -2.67. The van der Waals surface area contributed by atoms with Gasteiger partial charge in [0.05, 0.1) is 6.04 Å². The normalized spacial score (nSPS) is 28.2. The molecule has 0 spiro atoms. The number of aromatic nitrogens is 1.